The first-order chi connectivity index (χ1) is 16.7. The van der Waals surface area contributed by atoms with E-state index in [4.69, 9.17) is 0 Å². The lowest BCUT2D eigenvalue weighted by molar-refractivity contribution is -0.384. The van der Waals surface area contributed by atoms with E-state index in [-0.39, 0.29) is 35.8 Å². The van der Waals surface area contributed by atoms with Crippen molar-refractivity contribution in [1.82, 2.24) is 15.5 Å². The average molecular weight is 481 g/mol. The molecule has 1 heterocycles. The Hall–Kier alpha value is -4.05. The monoisotopic (exact) mass is 480 g/mol. The minimum absolute atomic E-state index is 0.0513. The molecule has 0 radical (unpaired) electrons. The van der Waals surface area contributed by atoms with E-state index in [2.05, 4.69) is 10.6 Å². The molecule has 3 N–H and O–H groups in total. The summed E-state index contributed by atoms with van der Waals surface area (Å²) in [5.74, 6) is -1.27. The predicted molar refractivity (Wildman–Crippen MR) is 129 cm³/mol. The molecule has 10 heteroatoms. The van der Waals surface area contributed by atoms with Gasteiger partial charge >= 0.3 is 12.0 Å². The molecular weight excluding hydrogens is 452 g/mol. The fourth-order valence-corrected chi connectivity index (χ4v) is 4.05. The minimum Gasteiger partial charge on any atom is -0.478 e. The van der Waals surface area contributed by atoms with Gasteiger partial charge in [0.05, 0.1) is 23.1 Å². The van der Waals surface area contributed by atoms with Crippen molar-refractivity contribution < 1.29 is 24.4 Å². The first-order valence-corrected chi connectivity index (χ1v) is 11.3. The highest BCUT2D eigenvalue weighted by atomic mass is 16.6. The van der Waals surface area contributed by atoms with Crippen molar-refractivity contribution in [2.24, 2.45) is 0 Å². The number of nitrogens with one attached hydrogen (secondary N) is 2. The van der Waals surface area contributed by atoms with Crippen LogP contribution in [0.3, 0.4) is 0 Å². The molecule has 2 amide bonds. The first kappa shape index (κ1) is 25.6. The predicted octanol–water partition coefficient (Wildman–Crippen LogP) is 3.44. The van der Waals surface area contributed by atoms with Crippen LogP contribution < -0.4 is 10.6 Å². The Morgan fingerprint density at radius 3 is 2.54 bits per heavy atom. The number of non-ortho nitro benzene ring substituents is 1. The quantitative estimate of drug-likeness (QED) is 0.194. The van der Waals surface area contributed by atoms with E-state index in [0.717, 1.165) is 12.0 Å². The number of nitro benzene ring substituents is 1. The number of benzene rings is 2. The second-order valence-corrected chi connectivity index (χ2v) is 8.23. The highest BCUT2D eigenvalue weighted by Crippen LogP contribution is 2.35. The van der Waals surface area contributed by atoms with Gasteiger partial charge in [0.15, 0.2) is 5.78 Å². The number of carboxylic acid groups (broad SMARTS) is 1. The summed E-state index contributed by atoms with van der Waals surface area (Å²) in [6.07, 6.45) is 1.33. The number of amides is 2. The molecule has 1 unspecified atom stereocenters. The van der Waals surface area contributed by atoms with Crippen LogP contribution in [-0.2, 0) is 11.2 Å². The molecule has 1 aliphatic rings. The van der Waals surface area contributed by atoms with E-state index in [0.29, 0.717) is 24.1 Å². The Kier molecular flexibility index (Phi) is 8.32. The van der Waals surface area contributed by atoms with E-state index in [1.807, 2.05) is 19.1 Å². The number of aliphatic carboxylic acids is 1. The van der Waals surface area contributed by atoms with E-state index in [1.165, 1.54) is 30.0 Å². The summed E-state index contributed by atoms with van der Waals surface area (Å²) in [5.41, 5.74) is 2.05. The minimum atomic E-state index is -1.22. The van der Waals surface area contributed by atoms with Crippen LogP contribution >= 0.6 is 0 Å². The molecule has 0 saturated heterocycles. The summed E-state index contributed by atoms with van der Waals surface area (Å²) in [5, 5.41) is 26.7. The zero-order valence-electron chi connectivity index (χ0n) is 19.6. The number of hydrogen-bond acceptors (Lipinski definition) is 6. The van der Waals surface area contributed by atoms with Crippen LogP contribution in [0.25, 0.3) is 0 Å². The molecule has 1 aliphatic heterocycles. The van der Waals surface area contributed by atoms with Crippen LogP contribution in [-0.4, -0.2) is 52.3 Å². The van der Waals surface area contributed by atoms with Crippen LogP contribution in [0.15, 0.2) is 59.8 Å². The van der Waals surface area contributed by atoms with E-state index >= 15 is 0 Å². The fraction of sp³-hybridized carbons (Fsp3) is 0.320. The van der Waals surface area contributed by atoms with Crippen LogP contribution in [0, 0.1) is 10.1 Å². The van der Waals surface area contributed by atoms with Crippen molar-refractivity contribution in [3.63, 3.8) is 0 Å². The molecule has 1 atom stereocenters. The zero-order chi connectivity index (χ0) is 25.5. The number of rotatable bonds is 11. The van der Waals surface area contributed by atoms with Gasteiger partial charge in [-0.2, -0.15) is 0 Å². The lowest BCUT2D eigenvalue weighted by atomic mass is 9.93. The Bertz CT molecular complexity index is 1160. The van der Waals surface area contributed by atoms with Crippen molar-refractivity contribution >= 4 is 23.5 Å². The third kappa shape index (κ3) is 6.10. The number of urea groups is 1. The number of nitro groups is 1. The van der Waals surface area contributed by atoms with Gasteiger partial charge in [-0.1, -0.05) is 43.3 Å². The second kappa shape index (κ2) is 11.4. The summed E-state index contributed by atoms with van der Waals surface area (Å²) in [6.45, 7) is 4.25. The first-order valence-electron chi connectivity index (χ1n) is 11.3. The van der Waals surface area contributed by atoms with Crippen LogP contribution in [0.5, 0.6) is 0 Å². The SMILES string of the molecule is CCc1ccc(C(=O)CNCCCN2C(=O)NC(C)=C(C(=O)O)C2c2cccc([N+](=O)[O-])c2)cc1. The topological polar surface area (TPSA) is 142 Å². The van der Waals surface area contributed by atoms with Crippen LogP contribution in [0.4, 0.5) is 10.5 Å². The van der Waals surface area contributed by atoms with Crippen molar-refractivity contribution in [3.8, 4) is 0 Å². The maximum absolute atomic E-state index is 12.8. The molecule has 2 aromatic carbocycles. The normalized spacial score (nSPS) is 15.7. The Morgan fingerprint density at radius 2 is 1.91 bits per heavy atom. The molecule has 10 nitrogen and oxygen atoms in total. The standard InChI is InChI=1S/C25H28N4O6/c1-3-17-8-10-18(11-9-17)21(30)15-26-12-5-13-28-23(19-6-4-7-20(14-19)29(34)35)22(24(31)32)16(2)27-25(28)33/h4,6-11,14,23,26H,3,5,12-13,15H2,1-2H3,(H,27,33)(H,31,32). The van der Waals surface area contributed by atoms with Gasteiger partial charge in [-0.25, -0.2) is 9.59 Å². The third-order valence-corrected chi connectivity index (χ3v) is 5.89. The van der Waals surface area contributed by atoms with Crippen molar-refractivity contribution in [3.05, 3.63) is 86.6 Å². The van der Waals surface area contributed by atoms with Gasteiger partial charge in [0.2, 0.25) is 0 Å². The molecule has 0 fully saturated rings. The lowest BCUT2D eigenvalue weighted by Gasteiger charge is -2.37. The molecule has 0 saturated carbocycles. The van der Waals surface area contributed by atoms with E-state index in [9.17, 15) is 29.6 Å². The number of Topliss-reactive ketones (excluding diaryl/α,β-unsaturated/α-hetero) is 1. The maximum Gasteiger partial charge on any atom is 0.335 e. The van der Waals surface area contributed by atoms with Crippen molar-refractivity contribution in [2.45, 2.75) is 32.7 Å². The molecule has 0 bridgehead atoms. The maximum atomic E-state index is 12.8. The molecule has 184 valence electrons. The van der Waals surface area contributed by atoms with E-state index in [1.54, 1.807) is 18.2 Å². The van der Waals surface area contributed by atoms with Gasteiger partial charge in [0.1, 0.15) is 0 Å². The van der Waals surface area contributed by atoms with E-state index < -0.39 is 23.0 Å². The summed E-state index contributed by atoms with van der Waals surface area (Å²) >= 11 is 0. The Labute approximate surface area is 202 Å². The largest absolute Gasteiger partial charge is 0.478 e. The number of hydrogen-bond donors (Lipinski definition) is 3. The number of aryl methyl sites for hydroxylation is 1. The fourth-order valence-electron chi connectivity index (χ4n) is 4.05. The molecule has 3 rings (SSSR count). The molecule has 2 aromatic rings. The average Bonchev–Trinajstić information content (AvgIpc) is 2.84. The number of ketones is 1. The number of nitrogens with zero attached hydrogens (tertiary/aromatic N) is 2. The zero-order valence-corrected chi connectivity index (χ0v) is 19.6. The number of allylic oxidation sites excluding steroid dienone is 1. The highest BCUT2D eigenvalue weighted by molar-refractivity contribution is 5.97. The number of carbonyl (C=O) groups excluding carboxylic acids is 2. The van der Waals surface area contributed by atoms with Gasteiger partial charge in [-0.15, -0.1) is 0 Å². The Morgan fingerprint density at radius 1 is 1.20 bits per heavy atom. The van der Waals surface area contributed by atoms with Crippen molar-refractivity contribution in [1.29, 1.82) is 0 Å². The molecule has 0 aromatic heterocycles. The molecular formula is C25H28N4O6. The summed E-state index contributed by atoms with van der Waals surface area (Å²) < 4.78 is 0. The summed E-state index contributed by atoms with van der Waals surface area (Å²) in [7, 11) is 0. The lowest BCUT2D eigenvalue weighted by Crippen LogP contribution is -2.49. The van der Waals surface area contributed by atoms with Gasteiger partial charge in [-0.05, 0) is 37.4 Å². The van der Waals surface area contributed by atoms with Crippen LogP contribution in [0.2, 0.25) is 0 Å². The van der Waals surface area contributed by atoms with Gasteiger partial charge in [-0.3, -0.25) is 14.9 Å². The molecule has 35 heavy (non-hydrogen) atoms. The van der Waals surface area contributed by atoms with Gasteiger partial charge in [0, 0.05) is 29.9 Å². The van der Waals surface area contributed by atoms with Crippen molar-refractivity contribution in [2.75, 3.05) is 19.6 Å². The Balaban J connectivity index is 1.68. The number of carbonyl (C=O) groups is 3. The second-order valence-electron chi connectivity index (χ2n) is 8.23. The number of carboxylic acids is 1. The highest BCUT2D eigenvalue weighted by Gasteiger charge is 2.37. The summed E-state index contributed by atoms with van der Waals surface area (Å²) in [6, 6.07) is 11.6. The summed E-state index contributed by atoms with van der Waals surface area (Å²) in [4.78, 5) is 49.2. The van der Waals surface area contributed by atoms with Gasteiger partial charge < -0.3 is 20.6 Å². The third-order valence-electron chi connectivity index (χ3n) is 5.89. The molecule has 0 spiro atoms. The van der Waals surface area contributed by atoms with Crippen LogP contribution in [0.1, 0.15) is 47.8 Å². The van der Waals surface area contributed by atoms with Gasteiger partial charge in [0.25, 0.3) is 5.69 Å². The smallest absolute Gasteiger partial charge is 0.335 e. The molecule has 0 aliphatic carbocycles.